The summed E-state index contributed by atoms with van der Waals surface area (Å²) in [7, 11) is 0.0890. The molecule has 0 aliphatic heterocycles. The Morgan fingerprint density at radius 2 is 1.20 bits per heavy atom. The molecule has 0 N–H and O–H groups in total. The number of allylic oxidation sites excluding steroid dienone is 2. The van der Waals surface area contributed by atoms with Gasteiger partial charge in [0.15, 0.2) is 0 Å². The maximum Gasteiger partial charge on any atom is 0.0591 e. The summed E-state index contributed by atoms with van der Waals surface area (Å²) >= 11 is 0. The van der Waals surface area contributed by atoms with Crippen LogP contribution < -0.4 is 0 Å². The average molecular weight is 385 g/mol. The molecular formula is C21H48N2Si2. The first-order valence-corrected chi connectivity index (χ1v) is 14.8. The molecule has 4 heteroatoms. The highest BCUT2D eigenvalue weighted by molar-refractivity contribution is 6.44. The zero-order valence-corrected chi connectivity index (χ0v) is 21.3. The molecule has 0 rings (SSSR count). The Morgan fingerprint density at radius 1 is 0.760 bits per heavy atom. The van der Waals surface area contributed by atoms with E-state index in [2.05, 4.69) is 57.4 Å². The summed E-state index contributed by atoms with van der Waals surface area (Å²) in [4.78, 5) is 5.41. The lowest BCUT2D eigenvalue weighted by atomic mass is 10.1. The number of unbranched alkanes of at least 4 members (excludes halogenated alkanes) is 5. The first-order valence-electron chi connectivity index (χ1n) is 11.2. The first-order chi connectivity index (χ1) is 12.1. The third-order valence-corrected chi connectivity index (χ3v) is 10.3. The lowest BCUT2D eigenvalue weighted by Gasteiger charge is -2.38. The summed E-state index contributed by atoms with van der Waals surface area (Å²) in [5, 5.41) is 1.70. The molecule has 0 heterocycles. The van der Waals surface area contributed by atoms with Gasteiger partial charge in [0.1, 0.15) is 0 Å². The Kier molecular flexibility index (Phi) is 17.6. The fourth-order valence-electron chi connectivity index (χ4n) is 3.82. The predicted octanol–water partition coefficient (Wildman–Crippen LogP) is 4.39. The topological polar surface area (TPSA) is 6.48 Å². The van der Waals surface area contributed by atoms with Crippen molar-refractivity contribution in [1.29, 1.82) is 0 Å². The maximum atomic E-state index is 2.70. The minimum atomic E-state index is -0.0219. The zero-order valence-electron chi connectivity index (χ0n) is 18.4. The van der Waals surface area contributed by atoms with Crippen molar-refractivity contribution in [2.45, 2.75) is 97.9 Å². The van der Waals surface area contributed by atoms with Crippen molar-refractivity contribution in [1.82, 2.24) is 9.80 Å². The molecule has 0 radical (unpaired) electrons. The van der Waals surface area contributed by atoms with Gasteiger partial charge in [0.25, 0.3) is 0 Å². The van der Waals surface area contributed by atoms with E-state index in [1.165, 1.54) is 76.8 Å². The highest BCUT2D eigenvalue weighted by Crippen LogP contribution is 2.12. The Morgan fingerprint density at radius 3 is 1.64 bits per heavy atom. The summed E-state index contributed by atoms with van der Waals surface area (Å²) in [5.74, 6) is 0.796. The van der Waals surface area contributed by atoms with E-state index in [4.69, 9.17) is 0 Å². The maximum absolute atomic E-state index is 2.70. The van der Waals surface area contributed by atoms with E-state index in [1.807, 2.05) is 0 Å². The molecule has 0 amide bonds. The molecule has 0 bridgehead atoms. The van der Waals surface area contributed by atoms with E-state index < -0.39 is 0 Å². The van der Waals surface area contributed by atoms with Crippen LogP contribution in [-0.2, 0) is 0 Å². The number of rotatable bonds is 17. The van der Waals surface area contributed by atoms with Crippen molar-refractivity contribution in [3.05, 3.63) is 11.3 Å². The molecule has 0 aromatic rings. The van der Waals surface area contributed by atoms with Crippen molar-refractivity contribution in [2.24, 2.45) is 0 Å². The van der Waals surface area contributed by atoms with Gasteiger partial charge in [0.2, 0.25) is 0 Å². The van der Waals surface area contributed by atoms with E-state index in [-0.39, 0.29) is 19.0 Å². The van der Waals surface area contributed by atoms with E-state index in [1.54, 1.807) is 5.20 Å². The molecule has 0 atom stereocenters. The molecule has 0 fully saturated rings. The van der Waals surface area contributed by atoms with Crippen LogP contribution in [0.3, 0.4) is 0 Å². The molecular weight excluding hydrogens is 336 g/mol. The van der Waals surface area contributed by atoms with Gasteiger partial charge in [-0.3, -0.25) is 9.80 Å². The molecule has 2 nitrogen and oxygen atoms in total. The average Bonchev–Trinajstić information content (AvgIpc) is 2.64. The molecule has 0 saturated carbocycles. The van der Waals surface area contributed by atoms with Gasteiger partial charge in [0.05, 0.1) is 9.52 Å². The van der Waals surface area contributed by atoms with Crippen LogP contribution in [-0.4, -0.2) is 60.8 Å². The van der Waals surface area contributed by atoms with Crippen LogP contribution >= 0.6 is 0 Å². The van der Waals surface area contributed by atoms with E-state index in [0.29, 0.717) is 0 Å². The second-order valence-electron chi connectivity index (χ2n) is 7.43. The lowest BCUT2D eigenvalue weighted by molar-refractivity contribution is 0.114. The minimum Gasteiger partial charge on any atom is -0.292 e. The number of hydrogen-bond acceptors (Lipinski definition) is 2. The van der Waals surface area contributed by atoms with Crippen molar-refractivity contribution in [3.63, 3.8) is 0 Å². The van der Waals surface area contributed by atoms with E-state index >= 15 is 0 Å². The number of nitrogens with zero attached hydrogens (tertiary/aromatic N) is 2. The molecule has 0 spiro atoms. The molecule has 25 heavy (non-hydrogen) atoms. The smallest absolute Gasteiger partial charge is 0.0591 e. The Balaban J connectivity index is 3.81. The van der Waals surface area contributed by atoms with Crippen LogP contribution in [0.2, 0.25) is 12.1 Å². The summed E-state index contributed by atoms with van der Waals surface area (Å²) in [6.07, 6.45) is 11.2. The largest absolute Gasteiger partial charge is 0.292 e. The molecule has 0 unspecified atom stereocenters. The highest BCUT2D eigenvalue weighted by atomic mass is 28.2. The van der Waals surface area contributed by atoms with Crippen LogP contribution in [0.15, 0.2) is 11.3 Å². The van der Waals surface area contributed by atoms with Gasteiger partial charge in [-0.05, 0) is 40.0 Å². The van der Waals surface area contributed by atoms with Gasteiger partial charge < -0.3 is 0 Å². The van der Waals surface area contributed by atoms with Gasteiger partial charge in [0, 0.05) is 15.3 Å². The fourth-order valence-corrected chi connectivity index (χ4v) is 8.04. The highest BCUT2D eigenvalue weighted by Gasteiger charge is 2.20. The van der Waals surface area contributed by atoms with Gasteiger partial charge in [-0.15, -0.1) is 0 Å². The molecule has 0 aliphatic rings. The zero-order chi connectivity index (χ0) is 18.9. The van der Waals surface area contributed by atoms with E-state index in [9.17, 15) is 0 Å². The molecule has 0 aromatic heterocycles. The van der Waals surface area contributed by atoms with E-state index in [0.717, 1.165) is 5.79 Å². The van der Waals surface area contributed by atoms with Crippen LogP contribution in [0, 0.1) is 0 Å². The monoisotopic (exact) mass is 384 g/mol. The van der Waals surface area contributed by atoms with Crippen molar-refractivity contribution < 1.29 is 0 Å². The SMILES string of the molecule is CC=C(C)[SiH2]CCCCCCCC[SiH2]C(N(CC)CC)N(CC)CC. The summed E-state index contributed by atoms with van der Waals surface area (Å²) in [5.41, 5.74) is 0. The Hall–Kier alpha value is 0.0938. The Labute approximate surface area is 164 Å². The van der Waals surface area contributed by atoms with Gasteiger partial charge in [-0.25, -0.2) is 0 Å². The van der Waals surface area contributed by atoms with Gasteiger partial charge >= 0.3 is 0 Å². The number of hydrogen-bond donors (Lipinski definition) is 0. The molecule has 0 aromatic carbocycles. The first kappa shape index (κ1) is 25.1. The normalized spacial score (nSPS) is 13.7. The summed E-state index contributed by atoms with van der Waals surface area (Å²) in [6, 6.07) is 3.06. The fraction of sp³-hybridized carbons (Fsp3) is 0.905. The third kappa shape index (κ3) is 12.2. The standard InChI is InChI=1S/C21H48N2Si2/c1-7-20(6)24-18-16-14-12-13-15-17-19-25-21(22(8-2)9-3)23(10-4)11-5/h7,21H,8-19,24-25H2,1-6H3. The van der Waals surface area contributed by atoms with Crippen molar-refractivity contribution >= 4 is 19.0 Å². The van der Waals surface area contributed by atoms with Gasteiger partial charge in [-0.2, -0.15) is 0 Å². The van der Waals surface area contributed by atoms with Crippen molar-refractivity contribution in [2.75, 3.05) is 26.2 Å². The second-order valence-corrected chi connectivity index (χ2v) is 11.8. The molecule has 0 saturated heterocycles. The molecule has 0 aliphatic carbocycles. The van der Waals surface area contributed by atoms with Gasteiger partial charge in [-0.1, -0.05) is 89.6 Å². The van der Waals surface area contributed by atoms with Crippen molar-refractivity contribution in [3.8, 4) is 0 Å². The van der Waals surface area contributed by atoms with Crippen LogP contribution in [0.1, 0.15) is 80.1 Å². The molecule has 150 valence electrons. The minimum absolute atomic E-state index is 0.0219. The second kappa shape index (κ2) is 17.5. The summed E-state index contributed by atoms with van der Waals surface area (Å²) in [6.45, 7) is 18.7. The third-order valence-electron chi connectivity index (χ3n) is 5.74. The lowest BCUT2D eigenvalue weighted by Crippen LogP contribution is -2.51. The summed E-state index contributed by atoms with van der Waals surface area (Å²) < 4.78 is 0. The Bertz CT molecular complexity index is 301. The van der Waals surface area contributed by atoms with Crippen LogP contribution in [0.25, 0.3) is 0 Å². The quantitative estimate of drug-likeness (QED) is 0.208. The predicted molar refractivity (Wildman–Crippen MR) is 123 cm³/mol. The van der Waals surface area contributed by atoms with Crippen LogP contribution in [0.5, 0.6) is 0 Å². The van der Waals surface area contributed by atoms with Crippen LogP contribution in [0.4, 0.5) is 0 Å².